The monoisotopic (exact) mass is 256 g/mol. The molecule has 0 aliphatic carbocycles. The van der Waals surface area contributed by atoms with Crippen molar-refractivity contribution in [2.45, 2.75) is 12.8 Å². The van der Waals surface area contributed by atoms with Gasteiger partial charge in [-0.25, -0.2) is 9.59 Å². The van der Waals surface area contributed by atoms with Gasteiger partial charge in [-0.3, -0.25) is 0 Å². The van der Waals surface area contributed by atoms with Crippen LogP contribution in [0.1, 0.15) is 12.8 Å². The van der Waals surface area contributed by atoms with Crippen LogP contribution in [0.3, 0.4) is 0 Å². The van der Waals surface area contributed by atoms with Crippen LogP contribution in [-0.2, 0) is 19.1 Å². The van der Waals surface area contributed by atoms with Gasteiger partial charge < -0.3 is 20.9 Å². The Morgan fingerprint density at radius 1 is 0.833 bits per heavy atom. The summed E-state index contributed by atoms with van der Waals surface area (Å²) in [5.74, 6) is -0.827. The molecule has 0 rings (SSSR count). The number of hydrogen-bond donors (Lipinski definition) is 2. The molecule has 0 saturated carbocycles. The van der Waals surface area contributed by atoms with Gasteiger partial charge in [-0.15, -0.1) is 0 Å². The van der Waals surface area contributed by atoms with Crippen LogP contribution < -0.4 is 11.5 Å². The van der Waals surface area contributed by atoms with E-state index in [-0.39, 0.29) is 0 Å². The van der Waals surface area contributed by atoms with E-state index in [2.05, 4.69) is 0 Å². The molecular weight excluding hydrogens is 236 g/mol. The van der Waals surface area contributed by atoms with Crippen LogP contribution in [0, 0.1) is 0 Å². The number of rotatable bonds is 9. The van der Waals surface area contributed by atoms with Crippen molar-refractivity contribution in [3.8, 4) is 0 Å². The Kier molecular flexibility index (Phi) is 10.7. The maximum Gasteiger partial charge on any atom is 0.330 e. The van der Waals surface area contributed by atoms with E-state index in [0.29, 0.717) is 39.1 Å². The molecule has 0 amide bonds. The van der Waals surface area contributed by atoms with Gasteiger partial charge in [-0.2, -0.15) is 0 Å². The Balaban J connectivity index is 3.41. The second-order valence-corrected chi connectivity index (χ2v) is 3.32. The van der Waals surface area contributed by atoms with Crippen LogP contribution in [0.5, 0.6) is 0 Å². The van der Waals surface area contributed by atoms with Crippen LogP contribution >= 0.6 is 0 Å². The van der Waals surface area contributed by atoms with Crippen LogP contribution in [-0.4, -0.2) is 38.2 Å². The Labute approximate surface area is 107 Å². The quantitative estimate of drug-likeness (QED) is 0.338. The van der Waals surface area contributed by atoms with Gasteiger partial charge in [0.1, 0.15) is 0 Å². The fourth-order valence-electron chi connectivity index (χ4n) is 0.974. The second-order valence-electron chi connectivity index (χ2n) is 3.32. The standard InChI is InChI=1S/C12H20N2O4/c13-7-3-5-11(15)17-9-1-2-10-18-12(16)6-4-8-14/h3-6H,1-2,7-10,13-14H2. The summed E-state index contributed by atoms with van der Waals surface area (Å²) in [6.45, 7) is 1.20. The fraction of sp³-hybridized carbons (Fsp3) is 0.500. The van der Waals surface area contributed by atoms with Gasteiger partial charge in [0.05, 0.1) is 13.2 Å². The van der Waals surface area contributed by atoms with Crippen molar-refractivity contribution in [2.75, 3.05) is 26.3 Å². The molecule has 6 nitrogen and oxygen atoms in total. The number of hydrogen-bond acceptors (Lipinski definition) is 6. The average Bonchev–Trinajstić information content (AvgIpc) is 2.37. The molecule has 0 bridgehead atoms. The first-order valence-corrected chi connectivity index (χ1v) is 5.77. The minimum Gasteiger partial charge on any atom is -0.463 e. The number of carbonyl (C=O) groups is 2. The molecule has 0 aromatic heterocycles. The van der Waals surface area contributed by atoms with E-state index in [9.17, 15) is 9.59 Å². The predicted octanol–water partition coefficient (Wildman–Crippen LogP) is -0.117. The maximum atomic E-state index is 11.0. The molecule has 0 unspecified atom stereocenters. The average molecular weight is 256 g/mol. The molecule has 0 spiro atoms. The number of ether oxygens (including phenoxy) is 2. The van der Waals surface area contributed by atoms with E-state index in [1.807, 2.05) is 0 Å². The van der Waals surface area contributed by atoms with E-state index < -0.39 is 11.9 Å². The molecule has 0 radical (unpaired) electrons. The Bertz CT molecular complexity index is 270. The summed E-state index contributed by atoms with van der Waals surface area (Å²) in [5.41, 5.74) is 10.4. The summed E-state index contributed by atoms with van der Waals surface area (Å²) >= 11 is 0. The molecule has 4 N–H and O–H groups in total. The molecule has 18 heavy (non-hydrogen) atoms. The Hall–Kier alpha value is -1.66. The summed E-state index contributed by atoms with van der Waals surface area (Å²) in [5, 5.41) is 0. The van der Waals surface area contributed by atoms with Crippen molar-refractivity contribution in [1.82, 2.24) is 0 Å². The maximum absolute atomic E-state index is 11.0. The molecule has 0 aromatic rings. The zero-order valence-electron chi connectivity index (χ0n) is 10.3. The van der Waals surface area contributed by atoms with Crippen molar-refractivity contribution in [3.63, 3.8) is 0 Å². The summed E-state index contributed by atoms with van der Waals surface area (Å²) in [7, 11) is 0. The number of carbonyl (C=O) groups excluding carboxylic acids is 2. The first-order valence-electron chi connectivity index (χ1n) is 5.77. The zero-order valence-corrected chi connectivity index (χ0v) is 10.3. The fourth-order valence-corrected chi connectivity index (χ4v) is 0.974. The van der Waals surface area contributed by atoms with E-state index in [1.54, 1.807) is 0 Å². The zero-order chi connectivity index (χ0) is 13.6. The van der Waals surface area contributed by atoms with E-state index >= 15 is 0 Å². The lowest BCUT2D eigenvalue weighted by molar-refractivity contribution is -0.140. The highest BCUT2D eigenvalue weighted by Crippen LogP contribution is 1.93. The molecular formula is C12H20N2O4. The molecule has 0 saturated heterocycles. The van der Waals surface area contributed by atoms with Gasteiger partial charge in [0, 0.05) is 25.2 Å². The summed E-state index contributed by atoms with van der Waals surface area (Å²) in [6.07, 6.45) is 6.89. The largest absolute Gasteiger partial charge is 0.463 e. The smallest absolute Gasteiger partial charge is 0.330 e. The molecule has 0 aromatic carbocycles. The third-order valence-electron chi connectivity index (χ3n) is 1.81. The molecule has 0 fully saturated rings. The highest BCUT2D eigenvalue weighted by molar-refractivity contribution is 5.82. The number of unbranched alkanes of at least 4 members (excludes halogenated alkanes) is 1. The normalized spacial score (nSPS) is 11.0. The van der Waals surface area contributed by atoms with Crippen molar-refractivity contribution in [3.05, 3.63) is 24.3 Å². The van der Waals surface area contributed by atoms with Gasteiger partial charge in [0.25, 0.3) is 0 Å². The van der Waals surface area contributed by atoms with Crippen molar-refractivity contribution in [2.24, 2.45) is 11.5 Å². The topological polar surface area (TPSA) is 105 Å². The molecule has 102 valence electrons. The molecule has 0 heterocycles. The van der Waals surface area contributed by atoms with Crippen molar-refractivity contribution >= 4 is 11.9 Å². The first kappa shape index (κ1) is 16.3. The SMILES string of the molecule is NCC=CC(=O)OCCCCOC(=O)C=CCN. The third-order valence-corrected chi connectivity index (χ3v) is 1.81. The van der Waals surface area contributed by atoms with E-state index in [4.69, 9.17) is 20.9 Å². The number of esters is 2. The van der Waals surface area contributed by atoms with Crippen LogP contribution in [0.2, 0.25) is 0 Å². The highest BCUT2D eigenvalue weighted by Gasteiger charge is 1.98. The summed E-state index contributed by atoms with van der Waals surface area (Å²) in [6, 6.07) is 0. The highest BCUT2D eigenvalue weighted by atomic mass is 16.5. The van der Waals surface area contributed by atoms with E-state index in [0.717, 1.165) is 0 Å². The summed E-state index contributed by atoms with van der Waals surface area (Å²) in [4.78, 5) is 22.0. The van der Waals surface area contributed by atoms with Gasteiger partial charge in [0.15, 0.2) is 0 Å². The first-order chi connectivity index (χ1) is 8.70. The van der Waals surface area contributed by atoms with Gasteiger partial charge in [-0.1, -0.05) is 12.2 Å². The predicted molar refractivity (Wildman–Crippen MR) is 67.5 cm³/mol. The molecule has 0 aliphatic heterocycles. The molecule has 0 aliphatic rings. The molecule has 0 atom stereocenters. The second kappa shape index (κ2) is 11.8. The van der Waals surface area contributed by atoms with Gasteiger partial charge >= 0.3 is 11.9 Å². The van der Waals surface area contributed by atoms with Crippen LogP contribution in [0.15, 0.2) is 24.3 Å². The Morgan fingerprint density at radius 3 is 1.56 bits per heavy atom. The summed E-state index contributed by atoms with van der Waals surface area (Å²) < 4.78 is 9.73. The Morgan fingerprint density at radius 2 is 1.22 bits per heavy atom. The number of nitrogens with two attached hydrogens (primary N) is 2. The van der Waals surface area contributed by atoms with Crippen molar-refractivity contribution < 1.29 is 19.1 Å². The van der Waals surface area contributed by atoms with Crippen molar-refractivity contribution in [1.29, 1.82) is 0 Å². The minimum absolute atomic E-state index is 0.296. The lowest BCUT2D eigenvalue weighted by Crippen LogP contribution is -2.07. The van der Waals surface area contributed by atoms with Gasteiger partial charge in [-0.05, 0) is 12.8 Å². The lowest BCUT2D eigenvalue weighted by atomic mass is 10.3. The lowest BCUT2D eigenvalue weighted by Gasteiger charge is -2.03. The molecule has 6 heteroatoms. The van der Waals surface area contributed by atoms with Gasteiger partial charge in [0.2, 0.25) is 0 Å². The van der Waals surface area contributed by atoms with E-state index in [1.165, 1.54) is 24.3 Å². The third kappa shape index (κ3) is 10.8. The van der Waals surface area contributed by atoms with Crippen LogP contribution in [0.4, 0.5) is 0 Å². The minimum atomic E-state index is -0.414. The van der Waals surface area contributed by atoms with Crippen LogP contribution in [0.25, 0.3) is 0 Å².